The van der Waals surface area contributed by atoms with E-state index < -0.39 is 54.2 Å². The average Bonchev–Trinajstić information content (AvgIpc) is 3.72. The van der Waals surface area contributed by atoms with Crippen molar-refractivity contribution in [3.05, 3.63) is 113 Å². The van der Waals surface area contributed by atoms with Gasteiger partial charge in [0.2, 0.25) is 12.0 Å². The van der Waals surface area contributed by atoms with E-state index in [1.807, 2.05) is 60.7 Å². The third-order valence-corrected chi connectivity index (χ3v) is 8.06. The molecular formula is C37H34N4O9. The van der Waals surface area contributed by atoms with Crippen molar-refractivity contribution in [2.75, 3.05) is 13.7 Å². The highest BCUT2D eigenvalue weighted by molar-refractivity contribution is 5.92. The maximum atomic E-state index is 13.6. The highest BCUT2D eigenvalue weighted by Gasteiger charge is 2.30. The van der Waals surface area contributed by atoms with Crippen molar-refractivity contribution in [2.45, 2.75) is 38.0 Å². The summed E-state index contributed by atoms with van der Waals surface area (Å²) < 4.78 is 21.3. The summed E-state index contributed by atoms with van der Waals surface area (Å²) in [4.78, 5) is 71.0. The summed E-state index contributed by atoms with van der Waals surface area (Å²) >= 11 is 0. The fourth-order valence-electron chi connectivity index (χ4n) is 5.62. The second-order valence-electron chi connectivity index (χ2n) is 11.7. The van der Waals surface area contributed by atoms with Gasteiger partial charge in [0.25, 0.3) is 5.91 Å². The SMILES string of the molecule is COC(=O)[C@H](Cc1cc2ccccc2[nH]1)OC(=O)[C@H](C)NC(=O)[C@H](Cc1cc2ccccc2[nH]1)NC(=O)COc1cc(=O)oc2ccccc12. The van der Waals surface area contributed by atoms with Gasteiger partial charge in [-0.15, -0.1) is 0 Å². The lowest BCUT2D eigenvalue weighted by Gasteiger charge is -2.22. The monoisotopic (exact) mass is 678 g/mol. The molecule has 13 nitrogen and oxygen atoms in total. The summed E-state index contributed by atoms with van der Waals surface area (Å²) in [6.45, 7) is 0.893. The summed E-state index contributed by atoms with van der Waals surface area (Å²) in [5.41, 5.74) is 2.65. The number of carbonyl (C=O) groups is 4. The number of amides is 2. The van der Waals surface area contributed by atoms with E-state index in [4.69, 9.17) is 18.6 Å². The van der Waals surface area contributed by atoms with Gasteiger partial charge in [-0.3, -0.25) is 9.59 Å². The highest BCUT2D eigenvalue weighted by atomic mass is 16.6. The minimum atomic E-state index is -1.28. The molecule has 0 radical (unpaired) electrons. The first kappa shape index (κ1) is 33.5. The number of fused-ring (bicyclic) bond motifs is 3. The molecule has 0 saturated heterocycles. The summed E-state index contributed by atoms with van der Waals surface area (Å²) in [5, 5.41) is 7.60. The van der Waals surface area contributed by atoms with E-state index in [1.165, 1.54) is 14.0 Å². The number of para-hydroxylation sites is 3. The Bertz CT molecular complexity index is 2190. The molecule has 2 amide bonds. The van der Waals surface area contributed by atoms with Crippen LogP contribution in [-0.2, 0) is 41.5 Å². The second-order valence-corrected chi connectivity index (χ2v) is 11.7. The van der Waals surface area contributed by atoms with Crippen molar-refractivity contribution < 1.29 is 37.8 Å². The van der Waals surface area contributed by atoms with Crippen molar-refractivity contribution in [3.63, 3.8) is 0 Å². The first-order chi connectivity index (χ1) is 24.2. The fraction of sp³-hybridized carbons (Fsp3) is 0.216. The Morgan fingerprint density at radius 2 is 1.40 bits per heavy atom. The third-order valence-electron chi connectivity index (χ3n) is 8.06. The van der Waals surface area contributed by atoms with Crippen molar-refractivity contribution in [1.82, 2.24) is 20.6 Å². The largest absolute Gasteiger partial charge is 0.483 e. The van der Waals surface area contributed by atoms with Crippen LogP contribution in [0.1, 0.15) is 18.3 Å². The zero-order valence-electron chi connectivity index (χ0n) is 27.2. The maximum absolute atomic E-state index is 13.6. The molecule has 0 fully saturated rings. The Hall–Kier alpha value is -6.37. The van der Waals surface area contributed by atoms with E-state index in [0.717, 1.165) is 27.9 Å². The second kappa shape index (κ2) is 14.8. The molecule has 0 aliphatic rings. The molecule has 0 spiro atoms. The molecule has 3 aromatic carbocycles. The topological polar surface area (TPSA) is 182 Å². The molecule has 3 heterocycles. The number of nitrogens with one attached hydrogen (secondary N) is 4. The molecule has 0 saturated carbocycles. The number of aromatic nitrogens is 2. The number of hydrogen-bond donors (Lipinski definition) is 4. The van der Waals surface area contributed by atoms with E-state index in [2.05, 4.69) is 20.6 Å². The van der Waals surface area contributed by atoms with Crippen LogP contribution in [-0.4, -0.2) is 65.6 Å². The molecule has 0 aliphatic heterocycles. The van der Waals surface area contributed by atoms with Gasteiger partial charge in [-0.05, 0) is 54.1 Å². The minimum Gasteiger partial charge on any atom is -0.483 e. The van der Waals surface area contributed by atoms with Crippen molar-refractivity contribution in [1.29, 1.82) is 0 Å². The van der Waals surface area contributed by atoms with Gasteiger partial charge in [-0.2, -0.15) is 0 Å². The zero-order chi connectivity index (χ0) is 35.2. The van der Waals surface area contributed by atoms with Gasteiger partial charge >= 0.3 is 17.6 Å². The number of benzene rings is 3. The third kappa shape index (κ3) is 7.84. The molecule has 256 valence electrons. The van der Waals surface area contributed by atoms with Crippen LogP contribution in [0, 0.1) is 0 Å². The van der Waals surface area contributed by atoms with Crippen LogP contribution in [0.15, 0.2) is 100 Å². The van der Waals surface area contributed by atoms with Gasteiger partial charge in [0.05, 0.1) is 18.6 Å². The number of ether oxygens (including phenoxy) is 3. The van der Waals surface area contributed by atoms with Gasteiger partial charge in [0.1, 0.15) is 23.4 Å². The molecule has 13 heteroatoms. The lowest BCUT2D eigenvalue weighted by molar-refractivity contribution is -0.167. The normalized spacial score (nSPS) is 13.0. The molecular weight excluding hydrogens is 644 g/mol. The van der Waals surface area contributed by atoms with Crippen LogP contribution in [0.4, 0.5) is 0 Å². The standard InChI is InChI=1S/C37H34N4O9/c1-21(36(45)50-32(37(46)47-2)18-25-16-23-10-4-7-13-28(23)40-25)38-35(44)29(17-24-15-22-9-3-6-12-27(22)39-24)41-33(42)20-48-31-19-34(43)49-30-14-8-5-11-26(30)31/h3-16,19,21,29,32,39-40H,17-18,20H2,1-2H3,(H,38,44)(H,41,42)/t21-,29-,32-/m0/s1. The number of esters is 2. The van der Waals surface area contributed by atoms with Gasteiger partial charge in [-0.1, -0.05) is 48.5 Å². The molecule has 4 N–H and O–H groups in total. The Morgan fingerprint density at radius 3 is 2.06 bits per heavy atom. The van der Waals surface area contributed by atoms with E-state index in [1.54, 1.807) is 24.3 Å². The van der Waals surface area contributed by atoms with E-state index in [0.29, 0.717) is 22.4 Å². The predicted molar refractivity (Wildman–Crippen MR) is 183 cm³/mol. The summed E-state index contributed by atoms with van der Waals surface area (Å²) in [5.74, 6) is -2.83. The molecule has 0 bridgehead atoms. The lowest BCUT2D eigenvalue weighted by Crippen LogP contribution is -2.53. The van der Waals surface area contributed by atoms with Gasteiger partial charge in [0, 0.05) is 35.3 Å². The maximum Gasteiger partial charge on any atom is 0.347 e. The number of aromatic amines is 2. The quantitative estimate of drug-likeness (QED) is 0.105. The Kier molecular flexibility index (Phi) is 9.93. The summed E-state index contributed by atoms with van der Waals surface area (Å²) in [6, 6.07) is 24.3. The van der Waals surface area contributed by atoms with Gasteiger partial charge < -0.3 is 39.2 Å². The number of methoxy groups -OCH3 is 1. The fourth-order valence-corrected chi connectivity index (χ4v) is 5.62. The van der Waals surface area contributed by atoms with Gasteiger partial charge in [-0.25, -0.2) is 14.4 Å². The van der Waals surface area contributed by atoms with Crippen LogP contribution in [0.25, 0.3) is 32.8 Å². The van der Waals surface area contributed by atoms with Crippen LogP contribution in [0.2, 0.25) is 0 Å². The van der Waals surface area contributed by atoms with Crippen LogP contribution in [0.5, 0.6) is 5.75 Å². The average molecular weight is 679 g/mol. The predicted octanol–water partition coefficient (Wildman–Crippen LogP) is 3.69. The number of hydrogen-bond acceptors (Lipinski definition) is 9. The molecule has 3 atom stereocenters. The smallest absolute Gasteiger partial charge is 0.347 e. The van der Waals surface area contributed by atoms with Crippen LogP contribution < -0.4 is 21.0 Å². The van der Waals surface area contributed by atoms with E-state index in [-0.39, 0.29) is 18.6 Å². The number of carbonyl (C=O) groups excluding carboxylic acids is 4. The van der Waals surface area contributed by atoms with E-state index in [9.17, 15) is 24.0 Å². The van der Waals surface area contributed by atoms with Crippen molar-refractivity contribution in [2.24, 2.45) is 0 Å². The number of H-pyrrole nitrogens is 2. The van der Waals surface area contributed by atoms with Crippen molar-refractivity contribution >= 4 is 56.5 Å². The molecule has 50 heavy (non-hydrogen) atoms. The molecule has 3 aromatic heterocycles. The summed E-state index contributed by atoms with van der Waals surface area (Å²) in [6.07, 6.45) is -1.22. The molecule has 6 rings (SSSR count). The lowest BCUT2D eigenvalue weighted by atomic mass is 10.1. The Morgan fingerprint density at radius 1 is 0.780 bits per heavy atom. The van der Waals surface area contributed by atoms with Crippen molar-refractivity contribution in [3.8, 4) is 5.75 Å². The Balaban J connectivity index is 1.14. The summed E-state index contributed by atoms with van der Waals surface area (Å²) in [7, 11) is 1.19. The zero-order valence-corrected chi connectivity index (χ0v) is 27.2. The van der Waals surface area contributed by atoms with Crippen LogP contribution >= 0.6 is 0 Å². The minimum absolute atomic E-state index is 0.0193. The van der Waals surface area contributed by atoms with Gasteiger partial charge in [0.15, 0.2) is 6.61 Å². The molecule has 0 unspecified atom stereocenters. The highest BCUT2D eigenvalue weighted by Crippen LogP contribution is 2.23. The van der Waals surface area contributed by atoms with E-state index >= 15 is 0 Å². The first-order valence-electron chi connectivity index (χ1n) is 15.8. The Labute approximate surface area is 284 Å². The molecule has 6 aromatic rings. The van der Waals surface area contributed by atoms with Crippen LogP contribution in [0.3, 0.4) is 0 Å². The molecule has 0 aliphatic carbocycles. The first-order valence-corrected chi connectivity index (χ1v) is 15.8. The number of rotatable bonds is 13.